The smallest absolute Gasteiger partial charge is 0.234 e. The zero-order valence-electron chi connectivity index (χ0n) is 14.4. The third kappa shape index (κ3) is 2.45. The minimum absolute atomic E-state index is 0.104. The Kier molecular flexibility index (Phi) is 3.88. The zero-order valence-corrected chi connectivity index (χ0v) is 15.2. The summed E-state index contributed by atoms with van der Waals surface area (Å²) >= 11 is 1.52. The van der Waals surface area contributed by atoms with Gasteiger partial charge in [0.05, 0.1) is 6.61 Å². The quantitative estimate of drug-likeness (QED) is 0.592. The lowest BCUT2D eigenvalue weighted by atomic mass is 9.50. The summed E-state index contributed by atoms with van der Waals surface area (Å²) in [6, 6.07) is 0. The molecule has 2 aromatic rings. The van der Waals surface area contributed by atoms with Crippen molar-refractivity contribution in [2.24, 2.45) is 17.8 Å². The zero-order chi connectivity index (χ0) is 18.1. The van der Waals surface area contributed by atoms with Crippen molar-refractivity contribution in [2.45, 2.75) is 62.3 Å². The molecule has 0 unspecified atom stereocenters. The summed E-state index contributed by atoms with van der Waals surface area (Å²) in [5, 5.41) is 52.8. The highest BCUT2D eigenvalue weighted by atomic mass is 32.1. The van der Waals surface area contributed by atoms with E-state index in [0.29, 0.717) is 4.96 Å². The van der Waals surface area contributed by atoms with E-state index in [4.69, 9.17) is 10.2 Å². The number of nitrogens with zero attached hydrogens (tertiary/aromatic N) is 4. The minimum Gasteiger partial charge on any atom is -0.394 e. The van der Waals surface area contributed by atoms with Crippen LogP contribution in [0.2, 0.25) is 0 Å². The van der Waals surface area contributed by atoms with E-state index in [2.05, 4.69) is 10.2 Å². The van der Waals surface area contributed by atoms with Crippen molar-refractivity contribution in [2.75, 3.05) is 6.61 Å². The second kappa shape index (κ2) is 5.93. The fourth-order valence-corrected chi connectivity index (χ4v) is 6.94. The fourth-order valence-electron chi connectivity index (χ4n) is 5.87. The van der Waals surface area contributed by atoms with Gasteiger partial charge in [0, 0.05) is 5.41 Å². The molecule has 0 aromatic carbocycles. The largest absolute Gasteiger partial charge is 0.394 e. The summed E-state index contributed by atoms with van der Waals surface area (Å²) in [6.45, 7) is -0.643. The molecular weight excluding hydrogens is 356 g/mol. The number of hydrogen-bond acceptors (Lipinski definition) is 8. The molecule has 0 radical (unpaired) electrons. The van der Waals surface area contributed by atoms with Gasteiger partial charge in [-0.2, -0.15) is 9.61 Å². The van der Waals surface area contributed by atoms with Gasteiger partial charge in [0.1, 0.15) is 23.3 Å². The fraction of sp³-hybridized carbons (Fsp3) is 0.824. The van der Waals surface area contributed by atoms with E-state index in [1.807, 2.05) is 0 Å². The topological polar surface area (TPSA) is 124 Å². The molecule has 4 N–H and O–H groups in total. The molecule has 8 nitrogen and oxygen atoms in total. The molecule has 2 heterocycles. The van der Waals surface area contributed by atoms with Gasteiger partial charge in [-0.3, -0.25) is 0 Å². The van der Waals surface area contributed by atoms with Crippen LogP contribution in [0.1, 0.15) is 55.5 Å². The Morgan fingerprint density at radius 3 is 2.23 bits per heavy atom. The molecule has 26 heavy (non-hydrogen) atoms. The van der Waals surface area contributed by atoms with Crippen LogP contribution in [0.4, 0.5) is 0 Å². The van der Waals surface area contributed by atoms with Gasteiger partial charge in [0.15, 0.2) is 5.82 Å². The molecule has 0 amide bonds. The Morgan fingerprint density at radius 2 is 1.65 bits per heavy atom. The molecule has 142 valence electrons. The van der Waals surface area contributed by atoms with Crippen molar-refractivity contribution in [3.8, 4) is 0 Å². The lowest BCUT2D eigenvalue weighted by Crippen LogP contribution is -2.48. The number of rotatable bonds is 5. The first-order valence-corrected chi connectivity index (χ1v) is 10.2. The molecule has 3 atom stereocenters. The molecule has 4 saturated carbocycles. The second-order valence-corrected chi connectivity index (χ2v) is 9.50. The predicted molar refractivity (Wildman–Crippen MR) is 92.6 cm³/mol. The Hall–Kier alpha value is -1.13. The van der Waals surface area contributed by atoms with Crippen LogP contribution in [-0.4, -0.2) is 59.1 Å². The maximum absolute atomic E-state index is 10.3. The standard InChI is InChI=1S/C17H24N4O4S/c22-7-11(23)12(24)13(25)14-18-19-16-21(14)20-15(26-16)17-4-8-1-9(5-17)3-10(2-8)6-17/h8-13,22-25H,1-7H2/t8?,9?,10?,11-,12+,13+,17?/m1/s1. The maximum atomic E-state index is 10.3. The predicted octanol–water partition coefficient (Wildman–Crippen LogP) is 0.401. The van der Waals surface area contributed by atoms with Gasteiger partial charge < -0.3 is 20.4 Å². The summed E-state index contributed by atoms with van der Waals surface area (Å²) in [5.41, 5.74) is 0.131. The number of hydrogen-bond donors (Lipinski definition) is 4. The van der Waals surface area contributed by atoms with E-state index >= 15 is 0 Å². The van der Waals surface area contributed by atoms with E-state index in [1.165, 1.54) is 54.4 Å². The highest BCUT2D eigenvalue weighted by Gasteiger charge is 2.53. The van der Waals surface area contributed by atoms with Crippen LogP contribution in [0.3, 0.4) is 0 Å². The number of aliphatic hydroxyl groups is 4. The van der Waals surface area contributed by atoms with Crippen molar-refractivity contribution in [1.29, 1.82) is 0 Å². The van der Waals surface area contributed by atoms with Gasteiger partial charge in [-0.05, 0) is 56.3 Å². The highest BCUT2D eigenvalue weighted by molar-refractivity contribution is 7.16. The molecule has 4 bridgehead atoms. The van der Waals surface area contributed by atoms with Crippen molar-refractivity contribution < 1.29 is 20.4 Å². The van der Waals surface area contributed by atoms with Crippen LogP contribution >= 0.6 is 11.3 Å². The third-order valence-corrected chi connectivity index (χ3v) is 7.82. The van der Waals surface area contributed by atoms with Crippen LogP contribution in [-0.2, 0) is 5.41 Å². The average Bonchev–Trinajstić information content (AvgIpc) is 3.19. The van der Waals surface area contributed by atoms with Gasteiger partial charge in [-0.1, -0.05) is 11.3 Å². The molecule has 2 aromatic heterocycles. The van der Waals surface area contributed by atoms with Gasteiger partial charge >= 0.3 is 0 Å². The van der Waals surface area contributed by atoms with Crippen molar-refractivity contribution >= 4 is 16.3 Å². The Labute approximate surface area is 154 Å². The molecule has 4 aliphatic rings. The monoisotopic (exact) mass is 380 g/mol. The molecular formula is C17H24N4O4S. The van der Waals surface area contributed by atoms with Crippen LogP contribution in [0.15, 0.2) is 0 Å². The molecule has 6 rings (SSSR count). The first kappa shape index (κ1) is 17.0. The van der Waals surface area contributed by atoms with E-state index in [1.54, 1.807) is 0 Å². The van der Waals surface area contributed by atoms with Gasteiger partial charge in [-0.15, -0.1) is 10.2 Å². The van der Waals surface area contributed by atoms with E-state index in [9.17, 15) is 15.3 Å². The van der Waals surface area contributed by atoms with Gasteiger partial charge in [0.25, 0.3) is 0 Å². The molecule has 0 spiro atoms. The SMILES string of the molecule is OC[C@@H](O)[C@H](O)[C@H](O)c1nnc2sc(C34CC5CC(CC(C5)C3)C4)nn12. The van der Waals surface area contributed by atoms with Crippen molar-refractivity contribution in [3.05, 3.63) is 10.8 Å². The number of fused-ring (bicyclic) bond motifs is 1. The highest BCUT2D eigenvalue weighted by Crippen LogP contribution is 2.61. The van der Waals surface area contributed by atoms with Gasteiger partial charge in [0.2, 0.25) is 4.96 Å². The second-order valence-electron chi connectivity index (χ2n) is 8.54. The van der Waals surface area contributed by atoms with E-state index < -0.39 is 24.9 Å². The van der Waals surface area contributed by atoms with Crippen LogP contribution < -0.4 is 0 Å². The minimum atomic E-state index is -1.54. The first-order valence-electron chi connectivity index (χ1n) is 9.37. The van der Waals surface area contributed by atoms with Crippen molar-refractivity contribution in [3.63, 3.8) is 0 Å². The Bertz CT molecular complexity index is 786. The molecule has 4 aliphatic carbocycles. The Morgan fingerprint density at radius 1 is 1.04 bits per heavy atom. The van der Waals surface area contributed by atoms with Crippen molar-refractivity contribution in [1.82, 2.24) is 19.8 Å². The summed E-state index contributed by atoms with van der Waals surface area (Å²) in [6.07, 6.45) is 3.19. The summed E-state index contributed by atoms with van der Waals surface area (Å²) in [7, 11) is 0. The van der Waals surface area contributed by atoms with E-state index in [-0.39, 0.29) is 11.2 Å². The number of aliphatic hydroxyl groups excluding tert-OH is 4. The Balaban J connectivity index is 1.49. The molecule has 9 heteroatoms. The molecule has 0 aliphatic heterocycles. The number of aromatic nitrogens is 4. The summed E-state index contributed by atoms with van der Waals surface area (Å²) in [5.74, 6) is 2.53. The maximum Gasteiger partial charge on any atom is 0.234 e. The summed E-state index contributed by atoms with van der Waals surface area (Å²) in [4.78, 5) is 0.593. The normalized spacial score (nSPS) is 36.5. The third-order valence-electron chi connectivity index (χ3n) is 6.68. The molecule has 4 fully saturated rings. The lowest BCUT2D eigenvalue weighted by molar-refractivity contribution is -0.0809. The molecule has 0 saturated heterocycles. The van der Waals surface area contributed by atoms with Crippen LogP contribution in [0.5, 0.6) is 0 Å². The first-order chi connectivity index (χ1) is 12.5. The summed E-state index contributed by atoms with van der Waals surface area (Å²) < 4.78 is 1.50. The average molecular weight is 380 g/mol. The van der Waals surface area contributed by atoms with E-state index in [0.717, 1.165) is 22.8 Å². The van der Waals surface area contributed by atoms with Crippen LogP contribution in [0.25, 0.3) is 4.96 Å². The van der Waals surface area contributed by atoms with Gasteiger partial charge in [-0.25, -0.2) is 0 Å². The van der Waals surface area contributed by atoms with Crippen LogP contribution in [0, 0.1) is 17.8 Å². The lowest BCUT2D eigenvalue weighted by Gasteiger charge is -2.55.